The van der Waals surface area contributed by atoms with Gasteiger partial charge in [0, 0.05) is 47.5 Å². The summed E-state index contributed by atoms with van der Waals surface area (Å²) in [7, 11) is 0. The van der Waals surface area contributed by atoms with Gasteiger partial charge in [0.1, 0.15) is 11.2 Å². The first-order valence-corrected chi connectivity index (χ1v) is 15.0. The lowest BCUT2D eigenvalue weighted by Gasteiger charge is -2.21. The minimum atomic E-state index is -0.0354. The SMILES string of the molecule is CC1(C)c2ccc(-c3cccc(-c4cccc5c4oc4ccccc45)c3)cc2-c2c1ccc1c2sc2ccccc21. The van der Waals surface area contributed by atoms with Crippen LogP contribution in [0.1, 0.15) is 25.0 Å². The number of para-hydroxylation sites is 2. The molecule has 0 N–H and O–H groups in total. The van der Waals surface area contributed by atoms with Crippen LogP contribution in [0.25, 0.3) is 75.5 Å². The monoisotopic (exact) mass is 542 g/mol. The molecule has 0 spiro atoms. The first-order valence-electron chi connectivity index (χ1n) is 14.2. The second-order valence-electron chi connectivity index (χ2n) is 11.7. The minimum absolute atomic E-state index is 0.0354. The summed E-state index contributed by atoms with van der Waals surface area (Å²) >= 11 is 1.93. The van der Waals surface area contributed by atoms with Crippen molar-refractivity contribution in [2.45, 2.75) is 19.3 Å². The van der Waals surface area contributed by atoms with E-state index in [1.165, 1.54) is 59.1 Å². The molecule has 0 bridgehead atoms. The van der Waals surface area contributed by atoms with Crippen LogP contribution in [0.5, 0.6) is 0 Å². The Balaban J connectivity index is 1.23. The number of rotatable bonds is 2. The van der Waals surface area contributed by atoms with Gasteiger partial charge in [-0.15, -0.1) is 11.3 Å². The lowest BCUT2D eigenvalue weighted by atomic mass is 9.82. The highest BCUT2D eigenvalue weighted by molar-refractivity contribution is 7.26. The fourth-order valence-corrected chi connectivity index (χ4v) is 8.30. The first-order chi connectivity index (χ1) is 20.1. The van der Waals surface area contributed by atoms with E-state index in [1.807, 2.05) is 23.5 Å². The average Bonchev–Trinajstić information content (AvgIpc) is 3.65. The van der Waals surface area contributed by atoms with Crippen molar-refractivity contribution < 1.29 is 4.42 Å². The van der Waals surface area contributed by atoms with Crippen LogP contribution < -0.4 is 0 Å². The zero-order chi connectivity index (χ0) is 27.3. The molecule has 0 unspecified atom stereocenters. The molecule has 194 valence electrons. The lowest BCUT2D eigenvalue weighted by molar-refractivity contribution is 0.661. The summed E-state index contributed by atoms with van der Waals surface area (Å²) in [5.41, 5.74) is 12.2. The van der Waals surface area contributed by atoms with Crippen molar-refractivity contribution in [2.24, 2.45) is 0 Å². The van der Waals surface area contributed by atoms with Crippen molar-refractivity contribution >= 4 is 53.4 Å². The van der Waals surface area contributed by atoms with E-state index in [0.29, 0.717) is 0 Å². The van der Waals surface area contributed by atoms with Crippen molar-refractivity contribution in [3.63, 3.8) is 0 Å². The molecule has 0 saturated carbocycles. The summed E-state index contributed by atoms with van der Waals surface area (Å²) < 4.78 is 9.13. The number of furan rings is 1. The van der Waals surface area contributed by atoms with Crippen LogP contribution in [0.15, 0.2) is 126 Å². The van der Waals surface area contributed by atoms with E-state index in [4.69, 9.17) is 4.42 Å². The maximum Gasteiger partial charge on any atom is 0.143 e. The highest BCUT2D eigenvalue weighted by Gasteiger charge is 2.37. The van der Waals surface area contributed by atoms with Crippen LogP contribution in [0.3, 0.4) is 0 Å². The molecule has 2 heteroatoms. The molecule has 8 aromatic rings. The lowest BCUT2D eigenvalue weighted by Crippen LogP contribution is -2.14. The fourth-order valence-electron chi connectivity index (χ4n) is 7.04. The molecule has 9 rings (SSSR count). The molecule has 2 aromatic heterocycles. The van der Waals surface area contributed by atoms with Gasteiger partial charge in [-0.2, -0.15) is 0 Å². The van der Waals surface area contributed by atoms with Gasteiger partial charge in [-0.3, -0.25) is 0 Å². The Labute approximate surface area is 242 Å². The van der Waals surface area contributed by atoms with Crippen LogP contribution >= 0.6 is 11.3 Å². The predicted molar refractivity (Wildman–Crippen MR) is 175 cm³/mol. The van der Waals surface area contributed by atoms with Crippen molar-refractivity contribution in [2.75, 3.05) is 0 Å². The van der Waals surface area contributed by atoms with Crippen LogP contribution in [0, 0.1) is 0 Å². The van der Waals surface area contributed by atoms with E-state index >= 15 is 0 Å². The Bertz CT molecular complexity index is 2350. The van der Waals surface area contributed by atoms with Crippen molar-refractivity contribution in [3.05, 3.63) is 132 Å². The molecule has 1 nitrogen and oxygen atoms in total. The van der Waals surface area contributed by atoms with Gasteiger partial charge in [-0.25, -0.2) is 0 Å². The standard InChI is InChI=1S/C39H26OS/c1-39(2)32-19-17-24(22-31(32)36-33(39)20-18-30-28-12-4-6-16-35(28)41-38(30)36)23-9-7-10-25(21-23)26-13-8-14-29-27-11-3-5-15-34(27)40-37(26)29/h3-22H,1-2H3. The zero-order valence-electron chi connectivity index (χ0n) is 22.9. The van der Waals surface area contributed by atoms with Gasteiger partial charge in [0.2, 0.25) is 0 Å². The van der Waals surface area contributed by atoms with Gasteiger partial charge in [0.25, 0.3) is 0 Å². The first kappa shape index (κ1) is 23.1. The van der Waals surface area contributed by atoms with Crippen molar-refractivity contribution in [1.82, 2.24) is 0 Å². The summed E-state index contributed by atoms with van der Waals surface area (Å²) in [5, 5.41) is 5.03. The second kappa shape index (κ2) is 8.19. The van der Waals surface area contributed by atoms with Crippen LogP contribution in [-0.2, 0) is 5.41 Å². The number of hydrogen-bond donors (Lipinski definition) is 0. The molecule has 1 aliphatic carbocycles. The second-order valence-corrected chi connectivity index (χ2v) is 12.8. The molecule has 41 heavy (non-hydrogen) atoms. The van der Waals surface area contributed by atoms with E-state index < -0.39 is 0 Å². The third-order valence-electron chi connectivity index (χ3n) is 9.09. The Kier molecular flexibility index (Phi) is 4.61. The number of benzene rings is 6. The molecular formula is C39H26OS. The third kappa shape index (κ3) is 3.17. The van der Waals surface area contributed by atoms with E-state index in [-0.39, 0.29) is 5.41 Å². The van der Waals surface area contributed by atoms with Gasteiger partial charge in [-0.05, 0) is 57.6 Å². The molecule has 2 heterocycles. The van der Waals surface area contributed by atoms with Crippen LogP contribution in [-0.4, -0.2) is 0 Å². The van der Waals surface area contributed by atoms with Gasteiger partial charge < -0.3 is 4.42 Å². The summed E-state index contributed by atoms with van der Waals surface area (Å²) in [5.74, 6) is 0. The summed E-state index contributed by atoms with van der Waals surface area (Å²) in [6.45, 7) is 4.73. The third-order valence-corrected chi connectivity index (χ3v) is 10.3. The summed E-state index contributed by atoms with van der Waals surface area (Å²) in [6, 6.07) is 44.2. The molecule has 1 aliphatic rings. The van der Waals surface area contributed by atoms with Crippen molar-refractivity contribution in [1.29, 1.82) is 0 Å². The largest absolute Gasteiger partial charge is 0.455 e. The molecule has 0 aliphatic heterocycles. The zero-order valence-corrected chi connectivity index (χ0v) is 23.7. The number of fused-ring (bicyclic) bond motifs is 10. The van der Waals surface area contributed by atoms with Crippen molar-refractivity contribution in [3.8, 4) is 33.4 Å². The van der Waals surface area contributed by atoms with Gasteiger partial charge in [0.15, 0.2) is 0 Å². The molecule has 0 saturated heterocycles. The molecule has 0 amide bonds. The van der Waals surface area contributed by atoms with Gasteiger partial charge in [0.05, 0.1) is 0 Å². The maximum absolute atomic E-state index is 6.37. The van der Waals surface area contributed by atoms with Gasteiger partial charge >= 0.3 is 0 Å². The Morgan fingerprint density at radius 3 is 2.20 bits per heavy atom. The molecule has 0 fully saturated rings. The summed E-state index contributed by atoms with van der Waals surface area (Å²) in [6.07, 6.45) is 0. The van der Waals surface area contributed by atoms with E-state index in [0.717, 1.165) is 27.5 Å². The summed E-state index contributed by atoms with van der Waals surface area (Å²) in [4.78, 5) is 0. The normalized spacial score (nSPS) is 13.8. The fraction of sp³-hybridized carbons (Fsp3) is 0.0769. The Morgan fingerprint density at radius 1 is 0.537 bits per heavy atom. The number of hydrogen-bond acceptors (Lipinski definition) is 2. The quantitative estimate of drug-likeness (QED) is 0.212. The van der Waals surface area contributed by atoms with E-state index in [9.17, 15) is 0 Å². The van der Waals surface area contributed by atoms with Crippen LogP contribution in [0.4, 0.5) is 0 Å². The average molecular weight is 543 g/mol. The Morgan fingerprint density at radius 2 is 1.27 bits per heavy atom. The highest BCUT2D eigenvalue weighted by Crippen LogP contribution is 2.54. The van der Waals surface area contributed by atoms with E-state index in [1.54, 1.807) is 0 Å². The molecule has 0 atom stereocenters. The Hall–Kier alpha value is -4.66. The topological polar surface area (TPSA) is 13.1 Å². The number of thiophene rings is 1. The van der Waals surface area contributed by atoms with E-state index in [2.05, 4.69) is 123 Å². The maximum atomic E-state index is 6.37. The van der Waals surface area contributed by atoms with Gasteiger partial charge in [-0.1, -0.05) is 111 Å². The molecule has 0 radical (unpaired) electrons. The van der Waals surface area contributed by atoms with Crippen LogP contribution in [0.2, 0.25) is 0 Å². The minimum Gasteiger partial charge on any atom is -0.455 e. The predicted octanol–water partition coefficient (Wildman–Crippen LogP) is 11.6. The highest BCUT2D eigenvalue weighted by atomic mass is 32.1. The molecule has 6 aromatic carbocycles. The smallest absolute Gasteiger partial charge is 0.143 e. The molecular weight excluding hydrogens is 516 g/mol.